The highest BCUT2D eigenvalue weighted by atomic mass is 19.1. The maximum absolute atomic E-state index is 13.9. The quantitative estimate of drug-likeness (QED) is 0.405. The van der Waals surface area contributed by atoms with E-state index in [0.717, 1.165) is 28.2 Å². The number of hydrogen-bond donors (Lipinski definition) is 3. The van der Waals surface area contributed by atoms with E-state index < -0.39 is 6.04 Å². The summed E-state index contributed by atoms with van der Waals surface area (Å²) in [6.45, 7) is 4.61. The zero-order valence-corrected chi connectivity index (χ0v) is 21.6. The number of benzene rings is 3. The zero-order chi connectivity index (χ0) is 26.9. The standard InChI is InChI=1S/C31H32FN3O3/c1-31(2)17-25-29(27(37)18-31)30(21-9-11-22(32)12-10-21)35(26-6-4-3-5-24(26)34-25)19-28(38)33-16-15-20-7-13-23(36)14-8-20/h3-14,30,34,36H,15-19H2,1-2H3,(H,33,38). The molecule has 1 aliphatic heterocycles. The summed E-state index contributed by atoms with van der Waals surface area (Å²) in [4.78, 5) is 28.9. The molecule has 7 heteroatoms. The predicted octanol–water partition coefficient (Wildman–Crippen LogP) is 5.51. The molecule has 0 aromatic heterocycles. The normalized spacial score (nSPS) is 18.2. The van der Waals surface area contributed by atoms with Crippen molar-refractivity contribution < 1.29 is 19.1 Å². The van der Waals surface area contributed by atoms with E-state index in [0.29, 0.717) is 31.4 Å². The van der Waals surface area contributed by atoms with E-state index in [1.165, 1.54) is 12.1 Å². The highest BCUT2D eigenvalue weighted by Crippen LogP contribution is 2.48. The molecule has 3 N–H and O–H groups in total. The van der Waals surface area contributed by atoms with Crippen LogP contribution < -0.4 is 15.5 Å². The molecule has 38 heavy (non-hydrogen) atoms. The average Bonchev–Trinajstić information content (AvgIpc) is 2.99. The second kappa shape index (κ2) is 10.3. The van der Waals surface area contributed by atoms with Gasteiger partial charge in [-0.1, -0.05) is 50.2 Å². The van der Waals surface area contributed by atoms with Gasteiger partial charge in [0.05, 0.1) is 24.0 Å². The summed E-state index contributed by atoms with van der Waals surface area (Å²) in [5.74, 6) is -0.306. The molecule has 0 saturated heterocycles. The van der Waals surface area contributed by atoms with Crippen molar-refractivity contribution in [3.8, 4) is 5.75 Å². The second-order valence-electron chi connectivity index (χ2n) is 10.8. The molecule has 1 unspecified atom stereocenters. The number of fused-ring (bicyclic) bond motifs is 1. The molecule has 1 aliphatic carbocycles. The number of aromatic hydroxyl groups is 1. The van der Waals surface area contributed by atoms with E-state index in [-0.39, 0.29) is 35.2 Å². The summed E-state index contributed by atoms with van der Waals surface area (Å²) < 4.78 is 13.9. The lowest BCUT2D eigenvalue weighted by atomic mass is 9.73. The van der Waals surface area contributed by atoms with Crippen molar-refractivity contribution in [2.75, 3.05) is 23.3 Å². The molecule has 3 aromatic carbocycles. The number of para-hydroxylation sites is 2. The van der Waals surface area contributed by atoms with Crippen LogP contribution in [0.4, 0.5) is 15.8 Å². The van der Waals surface area contributed by atoms with Crippen LogP contribution >= 0.6 is 0 Å². The van der Waals surface area contributed by atoms with Crippen LogP contribution in [0.2, 0.25) is 0 Å². The van der Waals surface area contributed by atoms with Crippen LogP contribution in [0.1, 0.15) is 43.9 Å². The Kier molecular flexibility index (Phi) is 6.93. The lowest BCUT2D eigenvalue weighted by Gasteiger charge is -2.37. The minimum Gasteiger partial charge on any atom is -0.508 e. The fourth-order valence-corrected chi connectivity index (χ4v) is 5.44. The van der Waals surface area contributed by atoms with Gasteiger partial charge in [-0.3, -0.25) is 9.59 Å². The van der Waals surface area contributed by atoms with Crippen molar-refractivity contribution in [1.82, 2.24) is 5.32 Å². The smallest absolute Gasteiger partial charge is 0.239 e. The van der Waals surface area contributed by atoms with Crippen LogP contribution in [0.3, 0.4) is 0 Å². The number of allylic oxidation sites excluding steroid dienone is 1. The number of nitrogens with zero attached hydrogens (tertiary/aromatic N) is 1. The molecule has 2 aliphatic rings. The monoisotopic (exact) mass is 513 g/mol. The summed E-state index contributed by atoms with van der Waals surface area (Å²) in [6.07, 6.45) is 1.70. The molecule has 1 heterocycles. The van der Waals surface area contributed by atoms with Crippen LogP contribution in [-0.2, 0) is 16.0 Å². The van der Waals surface area contributed by atoms with E-state index in [1.807, 2.05) is 41.3 Å². The van der Waals surface area contributed by atoms with Gasteiger partial charge in [-0.2, -0.15) is 0 Å². The second-order valence-corrected chi connectivity index (χ2v) is 10.8. The Morgan fingerprint density at radius 2 is 1.76 bits per heavy atom. The van der Waals surface area contributed by atoms with Crippen LogP contribution in [-0.4, -0.2) is 29.9 Å². The molecular formula is C31H32FN3O3. The van der Waals surface area contributed by atoms with E-state index in [4.69, 9.17) is 0 Å². The minimum atomic E-state index is -0.548. The number of amides is 1. The van der Waals surface area contributed by atoms with Gasteiger partial charge in [-0.15, -0.1) is 0 Å². The summed E-state index contributed by atoms with van der Waals surface area (Å²) in [5.41, 5.74) is 4.66. The Labute approximate surface area is 222 Å². The molecule has 0 fully saturated rings. The Morgan fingerprint density at radius 3 is 2.50 bits per heavy atom. The van der Waals surface area contributed by atoms with E-state index in [2.05, 4.69) is 24.5 Å². The topological polar surface area (TPSA) is 81.7 Å². The third-order valence-corrected chi connectivity index (χ3v) is 7.18. The molecule has 1 amide bonds. The Hall–Kier alpha value is -4.13. The molecule has 0 spiro atoms. The van der Waals surface area contributed by atoms with Crippen LogP contribution in [0, 0.1) is 11.2 Å². The molecule has 6 nitrogen and oxygen atoms in total. The summed E-state index contributed by atoms with van der Waals surface area (Å²) in [6, 6.07) is 20.3. The van der Waals surface area contributed by atoms with Gasteiger partial charge in [0.2, 0.25) is 5.91 Å². The zero-order valence-electron chi connectivity index (χ0n) is 21.6. The van der Waals surface area contributed by atoms with Gasteiger partial charge in [0.25, 0.3) is 0 Å². The number of Topliss-reactive ketones (excluding diaryl/α,β-unsaturated/α-hetero) is 1. The Balaban J connectivity index is 1.50. The summed E-state index contributed by atoms with van der Waals surface area (Å²) in [7, 11) is 0. The largest absolute Gasteiger partial charge is 0.508 e. The van der Waals surface area contributed by atoms with Crippen molar-refractivity contribution in [3.05, 3.63) is 101 Å². The van der Waals surface area contributed by atoms with Crippen LogP contribution in [0.25, 0.3) is 0 Å². The highest BCUT2D eigenvalue weighted by Gasteiger charge is 2.41. The highest BCUT2D eigenvalue weighted by molar-refractivity contribution is 6.01. The fraction of sp³-hybridized carbons (Fsp3) is 0.290. The van der Waals surface area contributed by atoms with Crippen molar-refractivity contribution >= 4 is 23.1 Å². The predicted molar refractivity (Wildman–Crippen MR) is 146 cm³/mol. The van der Waals surface area contributed by atoms with E-state index >= 15 is 0 Å². The first-order valence-corrected chi connectivity index (χ1v) is 12.9. The first-order valence-electron chi connectivity index (χ1n) is 12.9. The first kappa shape index (κ1) is 25.5. The summed E-state index contributed by atoms with van der Waals surface area (Å²) in [5, 5.41) is 16.0. The number of hydrogen-bond acceptors (Lipinski definition) is 5. The summed E-state index contributed by atoms with van der Waals surface area (Å²) >= 11 is 0. The van der Waals surface area contributed by atoms with Crippen LogP contribution in [0.5, 0.6) is 5.75 Å². The lowest BCUT2D eigenvalue weighted by molar-refractivity contribution is -0.120. The molecule has 1 atom stereocenters. The molecule has 0 bridgehead atoms. The number of phenols is 1. The molecule has 3 aromatic rings. The number of anilines is 2. The van der Waals surface area contributed by atoms with Gasteiger partial charge in [0.15, 0.2) is 5.78 Å². The third-order valence-electron chi connectivity index (χ3n) is 7.18. The van der Waals surface area contributed by atoms with Crippen molar-refractivity contribution in [1.29, 1.82) is 0 Å². The van der Waals surface area contributed by atoms with Gasteiger partial charge < -0.3 is 20.6 Å². The van der Waals surface area contributed by atoms with Gasteiger partial charge in [-0.05, 0) is 65.8 Å². The third kappa shape index (κ3) is 5.42. The van der Waals surface area contributed by atoms with Gasteiger partial charge in [-0.25, -0.2) is 4.39 Å². The molecular weight excluding hydrogens is 481 g/mol. The number of rotatable bonds is 6. The van der Waals surface area contributed by atoms with Gasteiger partial charge in [0.1, 0.15) is 11.6 Å². The number of carbonyl (C=O) groups is 2. The first-order chi connectivity index (χ1) is 18.2. The molecule has 196 valence electrons. The maximum Gasteiger partial charge on any atom is 0.239 e. The molecule has 0 saturated carbocycles. The maximum atomic E-state index is 13.9. The number of halogens is 1. The van der Waals surface area contributed by atoms with Crippen molar-refractivity contribution in [2.24, 2.45) is 5.41 Å². The Bertz CT molecular complexity index is 1380. The average molecular weight is 514 g/mol. The number of ketones is 1. The molecule has 5 rings (SSSR count). The van der Waals surface area contributed by atoms with E-state index in [9.17, 15) is 19.1 Å². The number of phenolic OH excluding ortho intramolecular Hbond substituents is 1. The fourth-order valence-electron chi connectivity index (χ4n) is 5.44. The van der Waals surface area contributed by atoms with Gasteiger partial charge >= 0.3 is 0 Å². The van der Waals surface area contributed by atoms with Crippen molar-refractivity contribution in [3.63, 3.8) is 0 Å². The SMILES string of the molecule is CC1(C)CC(=O)C2=C(C1)Nc1ccccc1N(CC(=O)NCCc1ccc(O)cc1)C2c1ccc(F)cc1. The lowest BCUT2D eigenvalue weighted by Crippen LogP contribution is -2.42. The van der Waals surface area contributed by atoms with Gasteiger partial charge in [0, 0.05) is 24.2 Å². The van der Waals surface area contributed by atoms with Crippen molar-refractivity contribution in [2.45, 2.75) is 39.2 Å². The number of carbonyl (C=O) groups excluding carboxylic acids is 2. The minimum absolute atomic E-state index is 0.0176. The number of nitrogens with one attached hydrogen (secondary N) is 2. The molecule has 0 radical (unpaired) electrons. The van der Waals surface area contributed by atoms with E-state index in [1.54, 1.807) is 24.3 Å². The van der Waals surface area contributed by atoms with Crippen LogP contribution in [0.15, 0.2) is 84.1 Å². The Morgan fingerprint density at radius 1 is 1.05 bits per heavy atom.